The molecule has 1 aromatic carbocycles. The fraction of sp³-hybridized carbons (Fsp3) is 0.278. The van der Waals surface area contributed by atoms with Gasteiger partial charge in [0.05, 0.1) is 17.0 Å². The maximum Gasteiger partial charge on any atom is 0.255 e. The average Bonchev–Trinajstić information content (AvgIpc) is 2.82. The van der Waals surface area contributed by atoms with Crippen LogP contribution < -0.4 is 0 Å². The van der Waals surface area contributed by atoms with E-state index in [0.717, 1.165) is 22.3 Å². The van der Waals surface area contributed by atoms with Gasteiger partial charge in [-0.05, 0) is 37.6 Å². The van der Waals surface area contributed by atoms with Crippen molar-refractivity contribution < 1.29 is 9.18 Å². The van der Waals surface area contributed by atoms with Crippen LogP contribution in [-0.2, 0) is 13.6 Å². The molecular weight excluding hydrogens is 307 g/mol. The fourth-order valence-electron chi connectivity index (χ4n) is 2.79. The molecule has 0 N–H and O–H groups in total. The Labute approximate surface area is 139 Å². The molecule has 3 aromatic rings. The minimum atomic E-state index is -0.287. The fourth-order valence-corrected chi connectivity index (χ4v) is 2.79. The lowest BCUT2D eigenvalue weighted by atomic mass is 10.1. The smallest absolute Gasteiger partial charge is 0.255 e. The van der Waals surface area contributed by atoms with Gasteiger partial charge in [0, 0.05) is 26.0 Å². The van der Waals surface area contributed by atoms with Crippen LogP contribution in [0.4, 0.5) is 4.39 Å². The molecule has 2 aromatic heterocycles. The van der Waals surface area contributed by atoms with Crippen molar-refractivity contribution in [1.82, 2.24) is 19.7 Å². The second-order valence-corrected chi connectivity index (χ2v) is 5.99. The summed E-state index contributed by atoms with van der Waals surface area (Å²) in [6, 6.07) is 8.00. The molecular formula is C18H19FN4O. The molecule has 0 atom stereocenters. The number of fused-ring (bicyclic) bond motifs is 1. The molecule has 0 radical (unpaired) electrons. The van der Waals surface area contributed by atoms with Gasteiger partial charge in [-0.2, -0.15) is 5.10 Å². The maximum atomic E-state index is 13.0. The molecule has 3 rings (SSSR count). The van der Waals surface area contributed by atoms with Gasteiger partial charge in [-0.3, -0.25) is 9.48 Å². The zero-order chi connectivity index (χ0) is 17.4. The zero-order valence-corrected chi connectivity index (χ0v) is 14.2. The van der Waals surface area contributed by atoms with Crippen molar-refractivity contribution in [3.63, 3.8) is 0 Å². The summed E-state index contributed by atoms with van der Waals surface area (Å²) in [5.74, 6) is -0.403. The third-order valence-corrected chi connectivity index (χ3v) is 4.10. The third-order valence-electron chi connectivity index (χ3n) is 4.10. The number of amides is 1. The molecule has 0 fully saturated rings. The second kappa shape index (κ2) is 6.03. The number of nitrogens with zero attached hydrogens (tertiary/aromatic N) is 4. The predicted molar refractivity (Wildman–Crippen MR) is 90.2 cm³/mol. The summed E-state index contributed by atoms with van der Waals surface area (Å²) in [4.78, 5) is 18.9. The van der Waals surface area contributed by atoms with Gasteiger partial charge in [0.15, 0.2) is 5.65 Å². The second-order valence-electron chi connectivity index (χ2n) is 5.99. The lowest BCUT2D eigenvalue weighted by Gasteiger charge is -2.18. The molecule has 6 heteroatoms. The van der Waals surface area contributed by atoms with Gasteiger partial charge in [0.1, 0.15) is 5.82 Å². The summed E-state index contributed by atoms with van der Waals surface area (Å²) < 4.78 is 14.7. The van der Waals surface area contributed by atoms with Gasteiger partial charge in [-0.15, -0.1) is 0 Å². The number of halogens is 1. The topological polar surface area (TPSA) is 51.0 Å². The number of hydrogen-bond acceptors (Lipinski definition) is 3. The van der Waals surface area contributed by atoms with Crippen LogP contribution in [0.2, 0.25) is 0 Å². The summed E-state index contributed by atoms with van der Waals surface area (Å²) >= 11 is 0. The molecule has 1 amide bonds. The van der Waals surface area contributed by atoms with E-state index in [2.05, 4.69) is 10.1 Å². The summed E-state index contributed by atoms with van der Waals surface area (Å²) in [5.41, 5.74) is 3.71. The molecule has 0 saturated carbocycles. The Bertz CT molecular complexity index is 915. The lowest BCUT2D eigenvalue weighted by Crippen LogP contribution is -2.27. The number of pyridine rings is 1. The normalized spacial score (nSPS) is 11.0. The minimum Gasteiger partial charge on any atom is -0.337 e. The summed E-state index contributed by atoms with van der Waals surface area (Å²) in [5, 5.41) is 5.22. The number of rotatable bonds is 3. The minimum absolute atomic E-state index is 0.116. The maximum absolute atomic E-state index is 13.0. The Morgan fingerprint density at radius 2 is 1.88 bits per heavy atom. The summed E-state index contributed by atoms with van der Waals surface area (Å²) in [6.07, 6.45) is 0. The van der Waals surface area contributed by atoms with Crippen LogP contribution in [0.3, 0.4) is 0 Å². The monoisotopic (exact) mass is 326 g/mol. The van der Waals surface area contributed by atoms with Crippen LogP contribution in [0.15, 0.2) is 30.3 Å². The quantitative estimate of drug-likeness (QED) is 0.743. The van der Waals surface area contributed by atoms with E-state index >= 15 is 0 Å². The highest BCUT2D eigenvalue weighted by atomic mass is 19.1. The van der Waals surface area contributed by atoms with Crippen LogP contribution in [0.1, 0.15) is 27.3 Å². The molecule has 0 bridgehead atoms. The third kappa shape index (κ3) is 2.87. The van der Waals surface area contributed by atoms with E-state index < -0.39 is 0 Å². The Hall–Kier alpha value is -2.76. The number of aryl methyl sites for hydroxylation is 3. The van der Waals surface area contributed by atoms with E-state index in [9.17, 15) is 9.18 Å². The van der Waals surface area contributed by atoms with E-state index in [1.54, 1.807) is 28.8 Å². The molecule has 5 nitrogen and oxygen atoms in total. The number of hydrogen-bond donors (Lipinski definition) is 0. The van der Waals surface area contributed by atoms with Gasteiger partial charge in [0.2, 0.25) is 0 Å². The molecule has 0 aliphatic carbocycles. The van der Waals surface area contributed by atoms with Gasteiger partial charge in [0.25, 0.3) is 5.91 Å². The molecule has 0 spiro atoms. The van der Waals surface area contributed by atoms with Gasteiger partial charge < -0.3 is 4.90 Å². The van der Waals surface area contributed by atoms with Crippen LogP contribution in [0.25, 0.3) is 11.0 Å². The molecule has 0 aliphatic rings. The molecule has 0 saturated heterocycles. The molecule has 0 aliphatic heterocycles. The van der Waals surface area contributed by atoms with Crippen molar-refractivity contribution in [3.8, 4) is 0 Å². The molecule has 124 valence electrons. The van der Waals surface area contributed by atoms with Crippen LogP contribution in [-0.4, -0.2) is 32.6 Å². The Morgan fingerprint density at radius 3 is 2.54 bits per heavy atom. The first-order valence-corrected chi connectivity index (χ1v) is 7.67. The van der Waals surface area contributed by atoms with E-state index in [1.807, 2.05) is 27.0 Å². The van der Waals surface area contributed by atoms with E-state index in [0.29, 0.717) is 17.8 Å². The standard InChI is InChI=1S/C18H19FN4O/c1-11-16(9-15-12(2)21-23(4)17(15)20-11)18(24)22(3)10-13-5-7-14(19)8-6-13/h5-9H,10H2,1-4H3. The van der Waals surface area contributed by atoms with Crippen molar-refractivity contribution in [3.05, 3.63) is 58.7 Å². The van der Waals surface area contributed by atoms with Crippen molar-refractivity contribution in [1.29, 1.82) is 0 Å². The van der Waals surface area contributed by atoms with E-state index in [-0.39, 0.29) is 11.7 Å². The first kappa shape index (κ1) is 16.1. The Kier molecular flexibility index (Phi) is 4.05. The first-order valence-electron chi connectivity index (χ1n) is 7.67. The highest BCUT2D eigenvalue weighted by Gasteiger charge is 2.18. The SMILES string of the molecule is Cc1nc2c(cc1C(=O)N(C)Cc1ccc(F)cc1)c(C)nn2C. The van der Waals surface area contributed by atoms with Crippen LogP contribution >= 0.6 is 0 Å². The largest absolute Gasteiger partial charge is 0.337 e. The van der Waals surface area contributed by atoms with E-state index in [1.165, 1.54) is 12.1 Å². The van der Waals surface area contributed by atoms with Crippen LogP contribution in [0.5, 0.6) is 0 Å². The predicted octanol–water partition coefficient (Wildman–Crippen LogP) is 3.00. The molecule has 2 heterocycles. The van der Waals surface area contributed by atoms with Crippen molar-refractivity contribution in [2.75, 3.05) is 7.05 Å². The van der Waals surface area contributed by atoms with Gasteiger partial charge >= 0.3 is 0 Å². The molecule has 24 heavy (non-hydrogen) atoms. The Morgan fingerprint density at radius 1 is 1.21 bits per heavy atom. The number of benzene rings is 1. The highest BCUT2D eigenvalue weighted by Crippen LogP contribution is 2.20. The van der Waals surface area contributed by atoms with Crippen LogP contribution in [0, 0.1) is 19.7 Å². The lowest BCUT2D eigenvalue weighted by molar-refractivity contribution is 0.0784. The highest BCUT2D eigenvalue weighted by molar-refractivity contribution is 5.98. The summed E-state index contributed by atoms with van der Waals surface area (Å²) in [6.45, 7) is 4.12. The number of aromatic nitrogens is 3. The zero-order valence-electron chi connectivity index (χ0n) is 14.2. The number of carbonyl (C=O) groups is 1. The van der Waals surface area contributed by atoms with Gasteiger partial charge in [-0.1, -0.05) is 12.1 Å². The van der Waals surface area contributed by atoms with E-state index in [4.69, 9.17) is 0 Å². The first-order chi connectivity index (χ1) is 11.4. The van der Waals surface area contributed by atoms with Gasteiger partial charge in [-0.25, -0.2) is 9.37 Å². The van der Waals surface area contributed by atoms with Crippen molar-refractivity contribution in [2.45, 2.75) is 20.4 Å². The van der Waals surface area contributed by atoms with Crippen molar-refractivity contribution >= 4 is 16.9 Å². The molecule has 0 unspecified atom stereocenters. The summed E-state index contributed by atoms with van der Waals surface area (Å²) in [7, 11) is 3.56. The number of carbonyl (C=O) groups excluding carboxylic acids is 1. The Balaban J connectivity index is 1.91. The average molecular weight is 326 g/mol. The van der Waals surface area contributed by atoms with Crippen molar-refractivity contribution in [2.24, 2.45) is 7.05 Å².